The first-order chi connectivity index (χ1) is 9.32. The highest BCUT2D eigenvalue weighted by atomic mass is 79.9. The van der Waals surface area contributed by atoms with Gasteiger partial charge in [-0.05, 0) is 36.4 Å². The molecule has 0 unspecified atom stereocenters. The fourth-order valence-corrected chi connectivity index (χ4v) is 3.56. The highest BCUT2D eigenvalue weighted by Crippen LogP contribution is 2.31. The summed E-state index contributed by atoms with van der Waals surface area (Å²) in [6, 6.07) is 7.72. The van der Waals surface area contributed by atoms with Gasteiger partial charge in [-0.2, -0.15) is 0 Å². The lowest BCUT2D eigenvalue weighted by Crippen LogP contribution is -2.06. The third kappa shape index (κ3) is 2.70. The lowest BCUT2D eigenvalue weighted by molar-refractivity contribution is -0.387. The molecule has 5 nitrogen and oxygen atoms in total. The number of rotatable bonds is 3. The van der Waals surface area contributed by atoms with Gasteiger partial charge >= 0.3 is 0 Å². The molecule has 0 bridgehead atoms. The maximum atomic E-state index is 12.8. The van der Waals surface area contributed by atoms with Crippen LogP contribution in [0.4, 0.5) is 10.1 Å². The van der Waals surface area contributed by atoms with Gasteiger partial charge in [-0.25, -0.2) is 12.8 Å². The summed E-state index contributed by atoms with van der Waals surface area (Å²) >= 11 is 3.08. The molecular weight excluding hydrogens is 353 g/mol. The molecule has 0 N–H and O–H groups in total. The molecule has 0 saturated heterocycles. The summed E-state index contributed by atoms with van der Waals surface area (Å²) in [5.41, 5.74) is -0.530. The van der Waals surface area contributed by atoms with Gasteiger partial charge in [0.15, 0.2) is 4.90 Å². The minimum atomic E-state index is -4.09. The highest BCUT2D eigenvalue weighted by Gasteiger charge is 2.27. The van der Waals surface area contributed by atoms with Crippen LogP contribution in [0.3, 0.4) is 0 Å². The Balaban J connectivity index is 2.68. The van der Waals surface area contributed by atoms with Crippen LogP contribution in [-0.4, -0.2) is 13.3 Å². The van der Waals surface area contributed by atoms with Crippen molar-refractivity contribution in [1.29, 1.82) is 0 Å². The van der Waals surface area contributed by atoms with Gasteiger partial charge in [-0.3, -0.25) is 10.1 Å². The van der Waals surface area contributed by atoms with Gasteiger partial charge in [0.25, 0.3) is 5.69 Å². The van der Waals surface area contributed by atoms with Crippen molar-refractivity contribution in [2.24, 2.45) is 0 Å². The Morgan fingerprint density at radius 2 is 1.70 bits per heavy atom. The molecule has 104 valence electrons. The molecule has 0 amide bonds. The summed E-state index contributed by atoms with van der Waals surface area (Å²) in [6.07, 6.45) is 0. The van der Waals surface area contributed by atoms with E-state index in [4.69, 9.17) is 0 Å². The zero-order chi connectivity index (χ0) is 14.9. The number of hydrogen-bond donors (Lipinski definition) is 0. The summed E-state index contributed by atoms with van der Waals surface area (Å²) in [6.45, 7) is 0. The number of nitro benzene ring substituents is 1. The predicted molar refractivity (Wildman–Crippen MR) is 72.6 cm³/mol. The molecule has 2 rings (SSSR count). The first-order valence-corrected chi connectivity index (χ1v) is 7.54. The smallest absolute Gasteiger partial charge is 0.258 e. The maximum Gasteiger partial charge on any atom is 0.288 e. The molecule has 0 aliphatic rings. The van der Waals surface area contributed by atoms with Crippen LogP contribution in [-0.2, 0) is 9.84 Å². The van der Waals surface area contributed by atoms with E-state index in [0.29, 0.717) is 4.47 Å². The van der Waals surface area contributed by atoms with E-state index in [1.54, 1.807) is 0 Å². The van der Waals surface area contributed by atoms with E-state index in [1.807, 2.05) is 0 Å². The average molecular weight is 360 g/mol. The van der Waals surface area contributed by atoms with Gasteiger partial charge in [-0.1, -0.05) is 15.9 Å². The quantitative estimate of drug-likeness (QED) is 0.478. The van der Waals surface area contributed by atoms with E-state index in [9.17, 15) is 22.9 Å². The van der Waals surface area contributed by atoms with Gasteiger partial charge in [0, 0.05) is 10.5 Å². The number of nitrogens with zero attached hydrogens (tertiary/aromatic N) is 1. The molecule has 0 atom stereocenters. The molecule has 8 heteroatoms. The van der Waals surface area contributed by atoms with Gasteiger partial charge in [-0.15, -0.1) is 0 Å². The molecular formula is C12H7BrFNO4S. The summed E-state index contributed by atoms with van der Waals surface area (Å²) in [5, 5.41) is 10.9. The normalized spacial score (nSPS) is 11.3. The van der Waals surface area contributed by atoms with Crippen LogP contribution in [0.2, 0.25) is 0 Å². The molecule has 0 radical (unpaired) electrons. The number of hydrogen-bond acceptors (Lipinski definition) is 4. The summed E-state index contributed by atoms with van der Waals surface area (Å²) in [5.74, 6) is -0.590. The minimum Gasteiger partial charge on any atom is -0.258 e. The van der Waals surface area contributed by atoms with E-state index in [-0.39, 0.29) is 4.90 Å². The maximum absolute atomic E-state index is 12.8. The van der Waals surface area contributed by atoms with Crippen molar-refractivity contribution < 1.29 is 17.7 Å². The molecule has 0 aliphatic heterocycles. The molecule has 0 heterocycles. The van der Waals surface area contributed by atoms with Crippen LogP contribution in [0.25, 0.3) is 0 Å². The van der Waals surface area contributed by atoms with Crippen molar-refractivity contribution in [2.45, 2.75) is 9.79 Å². The molecule has 0 saturated carbocycles. The Kier molecular flexibility index (Phi) is 3.87. The van der Waals surface area contributed by atoms with Crippen LogP contribution >= 0.6 is 15.9 Å². The summed E-state index contributed by atoms with van der Waals surface area (Å²) in [7, 11) is -4.09. The molecule has 0 aliphatic carbocycles. The van der Waals surface area contributed by atoms with Gasteiger partial charge in [0.1, 0.15) is 5.82 Å². The monoisotopic (exact) mass is 359 g/mol. The fraction of sp³-hybridized carbons (Fsp3) is 0. The second-order valence-electron chi connectivity index (χ2n) is 3.83. The number of halogens is 2. The average Bonchev–Trinajstić information content (AvgIpc) is 2.38. The Bertz CT molecular complexity index is 775. The SMILES string of the molecule is O=[N+]([O-])c1ccc(Br)cc1S(=O)(=O)c1ccc(F)cc1. The van der Waals surface area contributed by atoms with Crippen molar-refractivity contribution in [3.8, 4) is 0 Å². The summed E-state index contributed by atoms with van der Waals surface area (Å²) < 4.78 is 38.0. The molecule has 2 aromatic carbocycles. The standard InChI is InChI=1S/C12H7BrFNO4S/c13-8-1-6-11(15(16)17)12(7-8)20(18,19)10-4-2-9(14)3-5-10/h1-7H. The summed E-state index contributed by atoms with van der Waals surface area (Å²) in [4.78, 5) is 9.51. The van der Waals surface area contributed by atoms with Gasteiger partial charge < -0.3 is 0 Å². The Morgan fingerprint density at radius 1 is 1.10 bits per heavy atom. The zero-order valence-corrected chi connectivity index (χ0v) is 12.2. The van der Waals surface area contributed by atoms with E-state index >= 15 is 0 Å². The first-order valence-electron chi connectivity index (χ1n) is 5.27. The van der Waals surface area contributed by atoms with Crippen LogP contribution in [0.1, 0.15) is 0 Å². The highest BCUT2D eigenvalue weighted by molar-refractivity contribution is 9.10. The van der Waals surface area contributed by atoms with Gasteiger partial charge in [0.2, 0.25) is 9.84 Å². The second kappa shape index (κ2) is 5.29. The second-order valence-corrected chi connectivity index (χ2v) is 6.66. The topological polar surface area (TPSA) is 77.3 Å². The molecule has 0 fully saturated rings. The fourth-order valence-electron chi connectivity index (χ4n) is 1.59. The predicted octanol–water partition coefficient (Wildman–Crippen LogP) is 3.33. The van der Waals surface area contributed by atoms with Crippen LogP contribution in [0.15, 0.2) is 56.7 Å². The lowest BCUT2D eigenvalue weighted by atomic mass is 10.3. The number of sulfone groups is 1. The van der Waals surface area contributed by atoms with E-state index in [2.05, 4.69) is 15.9 Å². The Morgan fingerprint density at radius 3 is 2.25 bits per heavy atom. The molecule has 0 aromatic heterocycles. The van der Waals surface area contributed by atoms with E-state index < -0.39 is 31.2 Å². The van der Waals surface area contributed by atoms with Crippen molar-refractivity contribution in [1.82, 2.24) is 0 Å². The van der Waals surface area contributed by atoms with E-state index in [0.717, 1.165) is 36.4 Å². The van der Waals surface area contributed by atoms with E-state index in [1.165, 1.54) is 6.07 Å². The van der Waals surface area contributed by atoms with Crippen molar-refractivity contribution in [3.05, 3.63) is 62.9 Å². The largest absolute Gasteiger partial charge is 0.288 e. The lowest BCUT2D eigenvalue weighted by Gasteiger charge is -2.06. The van der Waals surface area contributed by atoms with Crippen molar-refractivity contribution in [3.63, 3.8) is 0 Å². The number of benzene rings is 2. The minimum absolute atomic E-state index is 0.208. The Hall–Kier alpha value is -1.80. The Labute approximate surface area is 122 Å². The van der Waals surface area contributed by atoms with Crippen LogP contribution in [0.5, 0.6) is 0 Å². The van der Waals surface area contributed by atoms with Crippen molar-refractivity contribution in [2.75, 3.05) is 0 Å². The van der Waals surface area contributed by atoms with Crippen LogP contribution < -0.4 is 0 Å². The number of nitro groups is 1. The third-order valence-corrected chi connectivity index (χ3v) is 4.82. The van der Waals surface area contributed by atoms with Crippen LogP contribution in [0, 0.1) is 15.9 Å². The first kappa shape index (κ1) is 14.6. The zero-order valence-electron chi connectivity index (χ0n) is 9.79. The molecule has 20 heavy (non-hydrogen) atoms. The third-order valence-electron chi connectivity index (χ3n) is 2.53. The van der Waals surface area contributed by atoms with Gasteiger partial charge in [0.05, 0.1) is 9.82 Å². The van der Waals surface area contributed by atoms with Crippen molar-refractivity contribution >= 4 is 31.5 Å². The molecule has 0 spiro atoms. The molecule has 2 aromatic rings.